The van der Waals surface area contributed by atoms with Gasteiger partial charge < -0.3 is 15.5 Å². The van der Waals surface area contributed by atoms with Crippen LogP contribution < -0.4 is 10.6 Å². The molecule has 180 valence electrons. The van der Waals surface area contributed by atoms with Crippen LogP contribution in [0.5, 0.6) is 0 Å². The van der Waals surface area contributed by atoms with E-state index in [1.807, 2.05) is 0 Å². The third-order valence-corrected chi connectivity index (χ3v) is 5.54. The largest absolute Gasteiger partial charge is 0.416 e. The molecule has 4 rings (SSSR count). The predicted octanol–water partition coefficient (Wildman–Crippen LogP) is 4.34. The fraction of sp³-hybridized carbons (Fsp3) is 0.200. The van der Waals surface area contributed by atoms with Gasteiger partial charge in [-0.2, -0.15) is 13.2 Å². The van der Waals surface area contributed by atoms with E-state index in [2.05, 4.69) is 15.6 Å². The summed E-state index contributed by atoms with van der Waals surface area (Å²) in [6, 6.07) is 14.5. The summed E-state index contributed by atoms with van der Waals surface area (Å²) in [5.74, 6) is -1.67. The van der Waals surface area contributed by atoms with Crippen molar-refractivity contribution in [1.82, 2.24) is 9.88 Å². The number of carbonyl (C=O) groups excluding carboxylic acids is 3. The lowest BCUT2D eigenvalue weighted by molar-refractivity contribution is -0.137. The molecule has 1 atom stereocenters. The van der Waals surface area contributed by atoms with Crippen molar-refractivity contribution in [2.24, 2.45) is 5.92 Å². The van der Waals surface area contributed by atoms with Gasteiger partial charge >= 0.3 is 6.18 Å². The van der Waals surface area contributed by atoms with Gasteiger partial charge in [0.25, 0.3) is 5.91 Å². The molecule has 35 heavy (non-hydrogen) atoms. The normalized spacial score (nSPS) is 15.7. The van der Waals surface area contributed by atoms with Gasteiger partial charge in [-0.15, -0.1) is 0 Å². The minimum absolute atomic E-state index is 0.0109. The monoisotopic (exact) mass is 482 g/mol. The van der Waals surface area contributed by atoms with Gasteiger partial charge in [-0.05, 0) is 48.0 Å². The summed E-state index contributed by atoms with van der Waals surface area (Å²) in [6.07, 6.45) is -1.50. The van der Waals surface area contributed by atoms with Crippen LogP contribution in [0.25, 0.3) is 0 Å². The van der Waals surface area contributed by atoms with Gasteiger partial charge in [0, 0.05) is 48.8 Å². The number of rotatable bonds is 6. The number of nitrogens with zero attached hydrogens (tertiary/aromatic N) is 2. The van der Waals surface area contributed by atoms with E-state index in [0.717, 1.165) is 12.1 Å². The molecule has 1 aromatic heterocycles. The van der Waals surface area contributed by atoms with E-state index in [1.165, 1.54) is 29.4 Å². The van der Waals surface area contributed by atoms with Crippen LogP contribution in [0.3, 0.4) is 0 Å². The fourth-order valence-corrected chi connectivity index (χ4v) is 3.79. The van der Waals surface area contributed by atoms with Gasteiger partial charge in [-0.1, -0.05) is 18.2 Å². The number of nitrogens with one attached hydrogen (secondary N) is 2. The minimum Gasteiger partial charge on any atom is -0.338 e. The van der Waals surface area contributed by atoms with E-state index in [4.69, 9.17) is 0 Å². The number of amides is 3. The molecule has 1 unspecified atom stereocenters. The molecular formula is C25H21F3N4O3. The minimum atomic E-state index is -4.47. The van der Waals surface area contributed by atoms with Crippen molar-refractivity contribution in [2.75, 3.05) is 17.2 Å². The van der Waals surface area contributed by atoms with Crippen LogP contribution in [0.15, 0.2) is 73.1 Å². The van der Waals surface area contributed by atoms with E-state index in [0.29, 0.717) is 22.5 Å². The Morgan fingerprint density at radius 1 is 0.971 bits per heavy atom. The van der Waals surface area contributed by atoms with Crippen molar-refractivity contribution < 1.29 is 27.6 Å². The lowest BCUT2D eigenvalue weighted by Gasteiger charge is -2.18. The zero-order valence-corrected chi connectivity index (χ0v) is 18.4. The van der Waals surface area contributed by atoms with Crippen LogP contribution >= 0.6 is 0 Å². The number of hydrogen-bond acceptors (Lipinski definition) is 4. The Morgan fingerprint density at radius 3 is 2.37 bits per heavy atom. The molecule has 2 aromatic carbocycles. The fourth-order valence-electron chi connectivity index (χ4n) is 3.79. The molecule has 1 aliphatic heterocycles. The van der Waals surface area contributed by atoms with Crippen LogP contribution in [-0.2, 0) is 22.3 Å². The Labute approximate surface area is 199 Å². The Morgan fingerprint density at radius 2 is 1.66 bits per heavy atom. The summed E-state index contributed by atoms with van der Waals surface area (Å²) < 4.78 is 38.9. The van der Waals surface area contributed by atoms with Gasteiger partial charge in [-0.25, -0.2) is 0 Å². The smallest absolute Gasteiger partial charge is 0.338 e. The first-order valence-electron chi connectivity index (χ1n) is 10.8. The summed E-state index contributed by atoms with van der Waals surface area (Å²) in [4.78, 5) is 42.7. The molecule has 3 amide bonds. The first-order chi connectivity index (χ1) is 16.7. The third-order valence-electron chi connectivity index (χ3n) is 5.54. The maximum absolute atomic E-state index is 13.0. The second-order valence-corrected chi connectivity index (χ2v) is 8.13. The summed E-state index contributed by atoms with van der Waals surface area (Å²) in [5, 5.41) is 5.48. The Hall–Kier alpha value is -4.21. The van der Waals surface area contributed by atoms with E-state index in [9.17, 15) is 27.6 Å². The van der Waals surface area contributed by atoms with Gasteiger partial charge in [0.05, 0.1) is 11.5 Å². The molecule has 3 aromatic rings. The molecule has 2 heterocycles. The first-order valence-corrected chi connectivity index (χ1v) is 10.8. The third kappa shape index (κ3) is 6.03. The van der Waals surface area contributed by atoms with Gasteiger partial charge in [0.1, 0.15) is 0 Å². The second-order valence-electron chi connectivity index (χ2n) is 8.13. The number of aromatic nitrogens is 1. The highest BCUT2D eigenvalue weighted by atomic mass is 19.4. The van der Waals surface area contributed by atoms with E-state index < -0.39 is 17.7 Å². The number of alkyl halides is 3. The number of hydrogen-bond donors (Lipinski definition) is 2. The number of carbonyl (C=O) groups is 3. The van der Waals surface area contributed by atoms with Crippen LogP contribution in [0, 0.1) is 5.92 Å². The molecule has 0 bridgehead atoms. The summed E-state index contributed by atoms with van der Waals surface area (Å²) in [5.41, 5.74) is 0.892. The van der Waals surface area contributed by atoms with Crippen LogP contribution in [0.1, 0.15) is 27.9 Å². The molecule has 2 N–H and O–H groups in total. The van der Waals surface area contributed by atoms with Crippen LogP contribution in [-0.4, -0.2) is 34.2 Å². The van der Waals surface area contributed by atoms with Crippen molar-refractivity contribution in [1.29, 1.82) is 0 Å². The summed E-state index contributed by atoms with van der Waals surface area (Å²) in [7, 11) is 0. The summed E-state index contributed by atoms with van der Waals surface area (Å²) in [6.45, 7) is 0.0858. The zero-order chi connectivity index (χ0) is 25.0. The predicted molar refractivity (Wildman–Crippen MR) is 122 cm³/mol. The molecule has 0 spiro atoms. The second kappa shape index (κ2) is 9.96. The average molecular weight is 482 g/mol. The molecule has 1 aliphatic rings. The Kier molecular flexibility index (Phi) is 6.81. The van der Waals surface area contributed by atoms with Gasteiger partial charge in [-0.3, -0.25) is 19.4 Å². The quantitative estimate of drug-likeness (QED) is 0.547. The van der Waals surface area contributed by atoms with E-state index in [-0.39, 0.29) is 37.2 Å². The number of likely N-dealkylation sites (tertiary alicyclic amines) is 1. The molecule has 1 saturated heterocycles. The zero-order valence-electron chi connectivity index (χ0n) is 18.4. The van der Waals surface area contributed by atoms with Crippen LogP contribution in [0.4, 0.5) is 24.5 Å². The Bertz CT molecular complexity index is 1250. The molecule has 7 nitrogen and oxygen atoms in total. The standard InChI is InChI=1S/C25H21F3N4O3/c26-25(27,28)19-4-1-3-16(11-19)14-32-15-18(12-22(32)33)24(35)31-21-6-2-5-20(13-21)30-23(34)17-7-9-29-10-8-17/h1-11,13,18H,12,14-15H2,(H,30,34)(H,31,35). The maximum atomic E-state index is 13.0. The molecule has 10 heteroatoms. The molecule has 0 radical (unpaired) electrons. The van der Waals surface area contributed by atoms with Crippen molar-refractivity contribution >= 4 is 29.1 Å². The molecular weight excluding hydrogens is 461 g/mol. The average Bonchev–Trinajstić information content (AvgIpc) is 3.20. The van der Waals surface area contributed by atoms with Gasteiger partial charge in [0.15, 0.2) is 0 Å². The summed E-state index contributed by atoms with van der Waals surface area (Å²) >= 11 is 0. The van der Waals surface area contributed by atoms with E-state index in [1.54, 1.807) is 36.4 Å². The van der Waals surface area contributed by atoms with E-state index >= 15 is 0 Å². The SMILES string of the molecule is O=C(Nc1cccc(NC(=O)C2CC(=O)N(Cc3cccc(C(F)(F)F)c3)C2)c1)c1ccncc1. The first kappa shape index (κ1) is 23.9. The highest BCUT2D eigenvalue weighted by Crippen LogP contribution is 2.30. The van der Waals surface area contributed by atoms with Crippen molar-refractivity contribution in [3.8, 4) is 0 Å². The maximum Gasteiger partial charge on any atom is 0.416 e. The van der Waals surface area contributed by atoms with Crippen molar-refractivity contribution in [3.05, 3.63) is 89.7 Å². The molecule has 1 fully saturated rings. The molecule has 0 aliphatic carbocycles. The number of halogens is 3. The van der Waals surface area contributed by atoms with Crippen molar-refractivity contribution in [2.45, 2.75) is 19.1 Å². The Balaban J connectivity index is 1.36. The molecule has 0 saturated carbocycles. The number of pyridine rings is 1. The topological polar surface area (TPSA) is 91.4 Å². The number of anilines is 2. The highest BCUT2D eigenvalue weighted by Gasteiger charge is 2.35. The number of benzene rings is 2. The lowest BCUT2D eigenvalue weighted by atomic mass is 10.1. The lowest BCUT2D eigenvalue weighted by Crippen LogP contribution is -2.28. The highest BCUT2D eigenvalue weighted by molar-refractivity contribution is 6.04. The van der Waals surface area contributed by atoms with Crippen LogP contribution in [0.2, 0.25) is 0 Å². The van der Waals surface area contributed by atoms with Gasteiger partial charge in [0.2, 0.25) is 11.8 Å². The van der Waals surface area contributed by atoms with Crippen molar-refractivity contribution in [3.63, 3.8) is 0 Å².